The summed E-state index contributed by atoms with van der Waals surface area (Å²) in [6.07, 6.45) is 0.551. The topological polar surface area (TPSA) is 146 Å². The van der Waals surface area contributed by atoms with Gasteiger partial charge in [-0.1, -0.05) is 24.3 Å². The Morgan fingerprint density at radius 3 is 2.38 bits per heavy atom. The van der Waals surface area contributed by atoms with Crippen molar-refractivity contribution < 1.29 is 37.5 Å². The van der Waals surface area contributed by atoms with Gasteiger partial charge in [-0.25, -0.2) is 8.78 Å². The van der Waals surface area contributed by atoms with Gasteiger partial charge in [-0.3, -0.25) is 24.0 Å². The first kappa shape index (κ1) is 33.5. The fourth-order valence-electron chi connectivity index (χ4n) is 5.59. The highest BCUT2D eigenvalue weighted by molar-refractivity contribution is 5.92. The number of likely N-dealkylation sites (N-methyl/N-ethyl adjacent to an activating group) is 1. The number of rotatable bonds is 5. The minimum Gasteiger partial charge on any atom is -0.381 e. The number of halogens is 2. The van der Waals surface area contributed by atoms with Gasteiger partial charge in [0.2, 0.25) is 29.5 Å². The molecule has 242 valence electrons. The molecular weight excluding hydrogens is 588 g/mol. The lowest BCUT2D eigenvalue weighted by Gasteiger charge is -2.38. The van der Waals surface area contributed by atoms with Crippen molar-refractivity contribution in [3.05, 3.63) is 71.3 Å². The van der Waals surface area contributed by atoms with E-state index in [0.717, 1.165) is 5.56 Å². The number of nitrogens with zero attached hydrogens (tertiary/aromatic N) is 1. The molecule has 0 unspecified atom stereocenters. The molecule has 2 fully saturated rings. The molecule has 0 radical (unpaired) electrons. The average molecular weight is 628 g/mol. The van der Waals surface area contributed by atoms with Gasteiger partial charge >= 0.3 is 0 Å². The lowest BCUT2D eigenvalue weighted by Crippen LogP contribution is -2.52. The zero-order valence-corrected chi connectivity index (χ0v) is 25.4. The van der Waals surface area contributed by atoms with E-state index in [9.17, 15) is 32.8 Å². The summed E-state index contributed by atoms with van der Waals surface area (Å²) >= 11 is 0. The third kappa shape index (κ3) is 9.07. The van der Waals surface area contributed by atoms with E-state index in [2.05, 4.69) is 21.3 Å². The molecule has 0 aliphatic carbocycles. The third-order valence-corrected chi connectivity index (χ3v) is 8.34. The quantitative estimate of drug-likeness (QED) is 0.397. The normalized spacial score (nSPS) is 23.6. The number of hydrogen-bond acceptors (Lipinski definition) is 6. The number of carbonyl (C=O) groups excluding carboxylic acids is 5. The Balaban J connectivity index is 1.57. The predicted molar refractivity (Wildman–Crippen MR) is 159 cm³/mol. The molecule has 11 nitrogen and oxygen atoms in total. The summed E-state index contributed by atoms with van der Waals surface area (Å²) in [5, 5.41) is 10.9. The number of benzene rings is 2. The minimum atomic E-state index is -1.14. The smallest absolute Gasteiger partial charge is 0.242 e. The Kier molecular flexibility index (Phi) is 11.2. The summed E-state index contributed by atoms with van der Waals surface area (Å²) in [4.78, 5) is 66.6. The number of nitrogens with one attached hydrogen (secondary N) is 4. The zero-order chi connectivity index (χ0) is 32.6. The van der Waals surface area contributed by atoms with Crippen molar-refractivity contribution in [2.24, 2.45) is 0 Å². The lowest BCUT2D eigenvalue weighted by molar-refractivity contribution is -0.136. The van der Waals surface area contributed by atoms with Gasteiger partial charge in [-0.2, -0.15) is 0 Å². The van der Waals surface area contributed by atoms with Crippen LogP contribution in [0.15, 0.2) is 48.5 Å². The predicted octanol–water partition coefficient (Wildman–Crippen LogP) is 1.62. The van der Waals surface area contributed by atoms with Crippen LogP contribution in [0.1, 0.15) is 56.2 Å². The Morgan fingerprint density at radius 1 is 0.978 bits per heavy atom. The van der Waals surface area contributed by atoms with Crippen molar-refractivity contribution in [3.8, 4) is 0 Å². The van der Waals surface area contributed by atoms with E-state index in [-0.39, 0.29) is 32.4 Å². The molecule has 2 aliphatic heterocycles. The second-order valence-corrected chi connectivity index (χ2v) is 11.6. The maximum absolute atomic E-state index is 14.2. The van der Waals surface area contributed by atoms with Crippen molar-refractivity contribution >= 4 is 29.5 Å². The fourth-order valence-corrected chi connectivity index (χ4v) is 5.59. The van der Waals surface area contributed by atoms with E-state index in [1.54, 1.807) is 6.07 Å². The van der Waals surface area contributed by atoms with Crippen molar-refractivity contribution in [1.82, 2.24) is 26.2 Å². The number of ether oxygens (including phenoxy) is 1. The summed E-state index contributed by atoms with van der Waals surface area (Å²) in [5.41, 5.74) is 0.562. The highest BCUT2D eigenvalue weighted by Crippen LogP contribution is 2.34. The minimum absolute atomic E-state index is 0.0670. The molecule has 2 aliphatic rings. The summed E-state index contributed by atoms with van der Waals surface area (Å²) in [7, 11) is 1.43. The van der Waals surface area contributed by atoms with Crippen LogP contribution in [0.2, 0.25) is 0 Å². The zero-order valence-electron chi connectivity index (χ0n) is 25.4. The maximum Gasteiger partial charge on any atom is 0.242 e. The second kappa shape index (κ2) is 15.1. The summed E-state index contributed by atoms with van der Waals surface area (Å²) in [6, 6.07) is 8.43. The van der Waals surface area contributed by atoms with Crippen LogP contribution in [-0.4, -0.2) is 79.9 Å². The molecule has 0 bridgehead atoms. The number of carbonyl (C=O) groups is 5. The van der Waals surface area contributed by atoms with E-state index in [1.165, 1.54) is 55.3 Å². The van der Waals surface area contributed by atoms with Crippen LogP contribution >= 0.6 is 0 Å². The molecule has 5 amide bonds. The monoisotopic (exact) mass is 627 g/mol. The maximum atomic E-state index is 14.2. The molecule has 3 atom stereocenters. The molecule has 4 rings (SSSR count). The van der Waals surface area contributed by atoms with Crippen molar-refractivity contribution in [3.63, 3.8) is 0 Å². The van der Waals surface area contributed by atoms with E-state index >= 15 is 0 Å². The van der Waals surface area contributed by atoms with Gasteiger partial charge in [0.1, 0.15) is 23.7 Å². The van der Waals surface area contributed by atoms with Crippen LogP contribution in [0.4, 0.5) is 8.78 Å². The molecule has 2 aromatic carbocycles. The summed E-state index contributed by atoms with van der Waals surface area (Å²) in [6.45, 7) is 2.14. The van der Waals surface area contributed by atoms with Crippen LogP contribution in [0.25, 0.3) is 0 Å². The molecule has 13 heteroatoms. The van der Waals surface area contributed by atoms with Gasteiger partial charge in [0.25, 0.3) is 0 Å². The Morgan fingerprint density at radius 2 is 1.69 bits per heavy atom. The second-order valence-electron chi connectivity index (χ2n) is 11.6. The molecule has 2 aromatic rings. The molecule has 0 saturated carbocycles. The van der Waals surface area contributed by atoms with Gasteiger partial charge in [-0.15, -0.1) is 0 Å². The highest BCUT2D eigenvalue weighted by atomic mass is 19.1. The Hall–Kier alpha value is -4.39. The van der Waals surface area contributed by atoms with Crippen LogP contribution in [0.3, 0.4) is 0 Å². The van der Waals surface area contributed by atoms with E-state index in [4.69, 9.17) is 4.74 Å². The highest BCUT2D eigenvalue weighted by Gasteiger charge is 2.36. The first-order valence-electron chi connectivity index (χ1n) is 15.0. The first-order valence-corrected chi connectivity index (χ1v) is 15.0. The molecule has 4 N–H and O–H groups in total. The summed E-state index contributed by atoms with van der Waals surface area (Å²) < 4.78 is 33.3. The molecule has 0 spiro atoms. The Labute approximate surface area is 260 Å². The SMILES string of the molecule is C[C@@H]1NC(=O)CN(C)C(=O)CC[C@@H](C(=O)NCC2(c3cccc(F)c3)CCOCC2)NC(=O)C[C@H](c2ccc(F)cc2)NC1=O. The van der Waals surface area contributed by atoms with Crippen LogP contribution < -0.4 is 21.3 Å². The summed E-state index contributed by atoms with van der Waals surface area (Å²) in [5.74, 6) is -3.63. The largest absolute Gasteiger partial charge is 0.381 e. The number of hydrogen-bond donors (Lipinski definition) is 4. The van der Waals surface area contributed by atoms with E-state index < -0.39 is 64.7 Å². The van der Waals surface area contributed by atoms with Gasteiger partial charge < -0.3 is 30.9 Å². The van der Waals surface area contributed by atoms with Crippen LogP contribution in [0, 0.1) is 11.6 Å². The van der Waals surface area contributed by atoms with Gasteiger partial charge in [0.05, 0.1) is 19.0 Å². The Bertz CT molecular complexity index is 1400. The van der Waals surface area contributed by atoms with Gasteiger partial charge in [0.15, 0.2) is 0 Å². The molecule has 2 saturated heterocycles. The van der Waals surface area contributed by atoms with Crippen molar-refractivity contribution in [1.29, 1.82) is 0 Å². The van der Waals surface area contributed by atoms with Crippen molar-refractivity contribution in [2.45, 2.75) is 62.6 Å². The van der Waals surface area contributed by atoms with E-state index in [1.807, 2.05) is 6.07 Å². The lowest BCUT2D eigenvalue weighted by atomic mass is 9.74. The average Bonchev–Trinajstić information content (AvgIpc) is 3.01. The van der Waals surface area contributed by atoms with Gasteiger partial charge in [-0.05, 0) is 61.6 Å². The molecule has 45 heavy (non-hydrogen) atoms. The standard InChI is InChI=1S/C32H39F2N5O6/c1-20-30(43)38-26(21-6-8-23(33)9-7-21)17-27(40)37-25(10-11-29(42)39(2)18-28(41)36-20)31(44)35-19-32(12-14-45-15-13-32)22-4-3-5-24(34)16-22/h3-9,16,20,25-26H,10-15,17-19H2,1-2H3,(H,35,44)(H,36,41)(H,37,40)(H,38,43)/t20-,25-,26+/m0/s1. The van der Waals surface area contributed by atoms with Gasteiger partial charge in [0, 0.05) is 38.6 Å². The fraction of sp³-hybridized carbons (Fsp3) is 0.469. The van der Waals surface area contributed by atoms with Crippen LogP contribution in [0.5, 0.6) is 0 Å². The molecule has 2 heterocycles. The van der Waals surface area contributed by atoms with Crippen LogP contribution in [-0.2, 0) is 34.1 Å². The number of amides is 5. The molecular formula is C32H39F2N5O6. The molecule has 0 aromatic heterocycles. The van der Waals surface area contributed by atoms with Crippen molar-refractivity contribution in [2.75, 3.05) is 33.4 Å². The third-order valence-electron chi connectivity index (χ3n) is 8.34. The van der Waals surface area contributed by atoms with E-state index in [0.29, 0.717) is 31.6 Å². The first-order chi connectivity index (χ1) is 21.5.